The molecule has 0 unspecified atom stereocenters. The van der Waals surface area contributed by atoms with Gasteiger partial charge in [0.2, 0.25) is 0 Å². The normalized spacial score (nSPS) is 18.9. The largest absolute Gasteiger partial charge is 0.344 e. The third-order valence-corrected chi connectivity index (χ3v) is 4.99. The number of nitrogens with zero attached hydrogens (tertiary/aromatic N) is 1. The monoisotopic (exact) mass is 295 g/mol. The van der Waals surface area contributed by atoms with Crippen LogP contribution in [0.25, 0.3) is 0 Å². The van der Waals surface area contributed by atoms with Crippen LogP contribution in [0.2, 0.25) is 5.15 Å². The molecule has 2 aliphatic carbocycles. The summed E-state index contributed by atoms with van der Waals surface area (Å²) < 4.78 is 0. The van der Waals surface area contributed by atoms with E-state index in [0.717, 1.165) is 48.8 Å². The molecule has 20 heavy (non-hydrogen) atoms. The smallest absolute Gasteiger partial charge is 0.151 e. The second-order valence-electron chi connectivity index (χ2n) is 6.53. The Balaban J connectivity index is 1.46. The van der Waals surface area contributed by atoms with Crippen LogP contribution in [0, 0.1) is 17.8 Å². The van der Waals surface area contributed by atoms with Crippen molar-refractivity contribution >= 4 is 11.6 Å². The van der Waals surface area contributed by atoms with Crippen molar-refractivity contribution in [3.63, 3.8) is 0 Å². The van der Waals surface area contributed by atoms with Gasteiger partial charge in [0.15, 0.2) is 5.15 Å². The molecule has 0 atom stereocenters. The maximum atomic E-state index is 6.21. The second kappa shape index (κ2) is 6.48. The fraction of sp³-hybridized carbons (Fsp3) is 0.812. The maximum Gasteiger partial charge on any atom is 0.151 e. The van der Waals surface area contributed by atoms with Crippen molar-refractivity contribution < 1.29 is 0 Å². The highest BCUT2D eigenvalue weighted by atomic mass is 35.5. The first-order valence-corrected chi connectivity index (χ1v) is 8.59. The predicted octanol–water partition coefficient (Wildman–Crippen LogP) is 3.93. The number of aromatic nitrogens is 2. The third kappa shape index (κ3) is 3.76. The van der Waals surface area contributed by atoms with Crippen LogP contribution in [0.5, 0.6) is 0 Å². The molecule has 2 N–H and O–H groups in total. The first-order chi connectivity index (χ1) is 9.78. The number of aromatic amines is 1. The van der Waals surface area contributed by atoms with Gasteiger partial charge >= 0.3 is 0 Å². The molecule has 0 aromatic carbocycles. The molecule has 0 spiro atoms. The van der Waals surface area contributed by atoms with Crippen molar-refractivity contribution in [2.24, 2.45) is 17.8 Å². The van der Waals surface area contributed by atoms with Gasteiger partial charge in [-0.15, -0.1) is 0 Å². The Morgan fingerprint density at radius 3 is 2.60 bits per heavy atom. The van der Waals surface area contributed by atoms with Crippen LogP contribution in [0.4, 0.5) is 0 Å². The number of imidazole rings is 1. The molecule has 2 saturated carbocycles. The van der Waals surface area contributed by atoms with Crippen LogP contribution in [0.15, 0.2) is 0 Å². The molecule has 112 valence electrons. The molecule has 4 heteroatoms. The molecule has 3 nitrogen and oxygen atoms in total. The van der Waals surface area contributed by atoms with E-state index in [4.69, 9.17) is 11.6 Å². The summed E-state index contributed by atoms with van der Waals surface area (Å²) in [7, 11) is 0. The number of H-pyrrole nitrogens is 1. The molecule has 0 radical (unpaired) electrons. The van der Waals surface area contributed by atoms with Crippen molar-refractivity contribution in [3.05, 3.63) is 16.7 Å². The summed E-state index contributed by atoms with van der Waals surface area (Å²) in [6.07, 6.45) is 9.18. The van der Waals surface area contributed by atoms with Gasteiger partial charge in [0, 0.05) is 13.0 Å². The van der Waals surface area contributed by atoms with Gasteiger partial charge in [-0.1, -0.05) is 24.9 Å². The van der Waals surface area contributed by atoms with Crippen molar-refractivity contribution in [3.8, 4) is 0 Å². The summed E-state index contributed by atoms with van der Waals surface area (Å²) >= 11 is 6.21. The number of halogens is 1. The zero-order valence-electron chi connectivity index (χ0n) is 12.4. The zero-order valence-corrected chi connectivity index (χ0v) is 13.2. The fourth-order valence-electron chi connectivity index (χ4n) is 3.15. The van der Waals surface area contributed by atoms with Gasteiger partial charge in [0.25, 0.3) is 0 Å². The van der Waals surface area contributed by atoms with Gasteiger partial charge in [-0.25, -0.2) is 4.98 Å². The van der Waals surface area contributed by atoms with Crippen LogP contribution in [-0.4, -0.2) is 16.5 Å². The molecular weight excluding hydrogens is 270 g/mol. The number of unbranched alkanes of at least 4 members (excludes halogenated alkanes) is 1. The average Bonchev–Trinajstić information content (AvgIpc) is 3.33. The van der Waals surface area contributed by atoms with E-state index in [1.165, 1.54) is 38.5 Å². The molecule has 0 amide bonds. The number of aryl methyl sites for hydroxylation is 1. The van der Waals surface area contributed by atoms with Crippen molar-refractivity contribution in [1.29, 1.82) is 0 Å². The van der Waals surface area contributed by atoms with Gasteiger partial charge in [0.05, 0.1) is 5.69 Å². The summed E-state index contributed by atoms with van der Waals surface area (Å²) in [6.45, 7) is 4.17. The van der Waals surface area contributed by atoms with Crippen LogP contribution >= 0.6 is 11.6 Å². The van der Waals surface area contributed by atoms with Crippen molar-refractivity contribution in [2.75, 3.05) is 6.54 Å². The van der Waals surface area contributed by atoms with Gasteiger partial charge < -0.3 is 10.3 Å². The molecule has 2 fully saturated rings. The lowest BCUT2D eigenvalue weighted by Crippen LogP contribution is -2.25. The zero-order chi connectivity index (χ0) is 13.9. The van der Waals surface area contributed by atoms with E-state index in [1.807, 2.05) is 0 Å². The lowest BCUT2D eigenvalue weighted by atomic mass is 9.98. The van der Waals surface area contributed by atoms with E-state index in [0.29, 0.717) is 5.15 Å². The molecular formula is C16H26ClN3. The lowest BCUT2D eigenvalue weighted by Gasteiger charge is -2.15. The Kier molecular flexibility index (Phi) is 4.67. The van der Waals surface area contributed by atoms with Crippen LogP contribution in [-0.2, 0) is 13.0 Å². The number of hydrogen-bond acceptors (Lipinski definition) is 2. The summed E-state index contributed by atoms with van der Waals surface area (Å²) in [5, 5.41) is 4.25. The van der Waals surface area contributed by atoms with E-state index in [2.05, 4.69) is 22.2 Å². The molecule has 0 saturated heterocycles. The Morgan fingerprint density at radius 1 is 1.30 bits per heavy atom. The molecule has 1 heterocycles. The highest BCUT2D eigenvalue weighted by Gasteiger charge is 2.40. The van der Waals surface area contributed by atoms with Gasteiger partial charge in [-0.3, -0.25) is 0 Å². The molecule has 0 bridgehead atoms. The van der Waals surface area contributed by atoms with Gasteiger partial charge in [-0.2, -0.15) is 0 Å². The molecule has 2 aliphatic rings. The summed E-state index contributed by atoms with van der Waals surface area (Å²) in [4.78, 5) is 7.78. The highest BCUT2D eigenvalue weighted by Crippen LogP contribution is 2.48. The van der Waals surface area contributed by atoms with E-state index >= 15 is 0 Å². The van der Waals surface area contributed by atoms with E-state index < -0.39 is 0 Å². The van der Waals surface area contributed by atoms with Crippen LogP contribution in [0.1, 0.15) is 57.0 Å². The second-order valence-corrected chi connectivity index (χ2v) is 6.88. The number of nitrogens with one attached hydrogen (secondary N) is 2. The SMILES string of the molecule is CCCCc1nc(Cl)c(CNCC(C2CC2)C2CC2)[nH]1. The first-order valence-electron chi connectivity index (χ1n) is 8.22. The van der Waals surface area contributed by atoms with E-state index in [1.54, 1.807) is 0 Å². The predicted molar refractivity (Wildman–Crippen MR) is 82.9 cm³/mol. The lowest BCUT2D eigenvalue weighted by molar-refractivity contribution is 0.378. The first kappa shape index (κ1) is 14.4. The van der Waals surface area contributed by atoms with E-state index in [9.17, 15) is 0 Å². The minimum atomic E-state index is 0.651. The van der Waals surface area contributed by atoms with Gasteiger partial charge in [0.1, 0.15) is 5.82 Å². The quantitative estimate of drug-likeness (QED) is 0.725. The molecule has 1 aromatic rings. The van der Waals surface area contributed by atoms with Crippen LogP contribution in [0.3, 0.4) is 0 Å². The number of hydrogen-bond donors (Lipinski definition) is 2. The molecule has 3 rings (SSSR count). The third-order valence-electron chi connectivity index (χ3n) is 4.68. The summed E-state index contributed by atoms with van der Waals surface area (Å²) in [5.41, 5.74) is 1.06. The average molecular weight is 296 g/mol. The van der Waals surface area contributed by atoms with Crippen molar-refractivity contribution in [2.45, 2.75) is 58.4 Å². The summed E-state index contributed by atoms with van der Waals surface area (Å²) in [6, 6.07) is 0. The van der Waals surface area contributed by atoms with Gasteiger partial charge in [-0.05, 0) is 56.4 Å². The fourth-order valence-corrected chi connectivity index (χ4v) is 3.37. The highest BCUT2D eigenvalue weighted by molar-refractivity contribution is 6.30. The Labute approximate surface area is 126 Å². The number of rotatable bonds is 9. The molecule has 0 aliphatic heterocycles. The minimum Gasteiger partial charge on any atom is -0.344 e. The Hall–Kier alpha value is -0.540. The Morgan fingerprint density at radius 2 is 2.00 bits per heavy atom. The summed E-state index contributed by atoms with van der Waals surface area (Å²) in [5.74, 6) is 3.96. The minimum absolute atomic E-state index is 0.651. The maximum absolute atomic E-state index is 6.21. The van der Waals surface area contributed by atoms with E-state index in [-0.39, 0.29) is 0 Å². The topological polar surface area (TPSA) is 40.7 Å². The van der Waals surface area contributed by atoms with Crippen molar-refractivity contribution in [1.82, 2.24) is 15.3 Å². The molecule has 1 aromatic heterocycles. The van der Waals surface area contributed by atoms with Crippen LogP contribution < -0.4 is 5.32 Å². The Bertz CT molecular complexity index is 423. The standard InChI is InChI=1S/C16H26ClN3/c1-2-3-4-15-19-14(16(17)20-15)10-18-9-13(11-5-6-11)12-7-8-12/h11-13,18H,2-10H2,1H3,(H,19,20).